The third-order valence-electron chi connectivity index (χ3n) is 5.04. The van der Waals surface area contributed by atoms with E-state index in [-0.39, 0.29) is 9.92 Å². The van der Waals surface area contributed by atoms with Crippen LogP contribution in [0.25, 0.3) is 11.3 Å². The molecule has 0 unspecified atom stereocenters. The lowest BCUT2D eigenvalue weighted by Gasteiger charge is -2.34. The maximum Gasteiger partial charge on any atom is 0.244 e. The molecule has 0 bridgehead atoms. The smallest absolute Gasteiger partial charge is 0.244 e. The van der Waals surface area contributed by atoms with Gasteiger partial charge < -0.3 is 4.90 Å². The fraction of sp³-hybridized carbons (Fsp3) is 0.250. The lowest BCUT2D eigenvalue weighted by atomic mass is 10.2. The Morgan fingerprint density at radius 2 is 1.65 bits per heavy atom. The number of nitrogens with zero attached hydrogens (tertiary/aromatic N) is 3. The number of rotatable bonds is 4. The normalized spacial score (nSPS) is 15.5. The minimum absolute atomic E-state index is 0.0819. The van der Waals surface area contributed by atoms with Gasteiger partial charge in [0.15, 0.2) is 5.13 Å². The first kappa shape index (κ1) is 23.1. The largest absolute Gasteiger partial charge is 0.345 e. The second kappa shape index (κ2) is 9.06. The van der Waals surface area contributed by atoms with Crippen molar-refractivity contribution in [3.63, 3.8) is 0 Å². The highest BCUT2D eigenvalue weighted by molar-refractivity contribution is 7.89. The Morgan fingerprint density at radius 3 is 2.32 bits per heavy atom. The summed E-state index contributed by atoms with van der Waals surface area (Å²) in [6, 6.07) is 8.29. The van der Waals surface area contributed by atoms with Crippen LogP contribution in [0.4, 0.5) is 5.13 Å². The van der Waals surface area contributed by atoms with Crippen molar-refractivity contribution in [3.8, 4) is 11.3 Å². The molecule has 2 heterocycles. The van der Waals surface area contributed by atoms with E-state index in [1.54, 1.807) is 19.1 Å². The summed E-state index contributed by atoms with van der Waals surface area (Å²) in [7, 11) is -3.72. The molecule has 4 rings (SSSR count). The molecule has 0 radical (unpaired) electrons. The fourth-order valence-corrected chi connectivity index (χ4v) is 6.93. The number of aromatic nitrogens is 1. The van der Waals surface area contributed by atoms with E-state index < -0.39 is 10.0 Å². The minimum atomic E-state index is -3.72. The number of halogens is 4. The van der Waals surface area contributed by atoms with E-state index in [0.717, 1.165) is 16.4 Å². The zero-order valence-electron chi connectivity index (χ0n) is 16.3. The van der Waals surface area contributed by atoms with Gasteiger partial charge in [0.1, 0.15) is 4.90 Å². The number of anilines is 1. The van der Waals surface area contributed by atoms with Crippen molar-refractivity contribution in [2.45, 2.75) is 11.8 Å². The van der Waals surface area contributed by atoms with E-state index >= 15 is 0 Å². The first-order valence-corrected chi connectivity index (χ1v) is 13.1. The summed E-state index contributed by atoms with van der Waals surface area (Å²) in [5, 5.41) is 4.42. The highest BCUT2D eigenvalue weighted by Crippen LogP contribution is 2.35. The van der Waals surface area contributed by atoms with Crippen LogP contribution in [0.1, 0.15) is 5.56 Å². The van der Waals surface area contributed by atoms with Crippen LogP contribution in [0.5, 0.6) is 0 Å². The predicted octanol–water partition coefficient (Wildman–Crippen LogP) is 6.24. The molecule has 2 aromatic carbocycles. The summed E-state index contributed by atoms with van der Waals surface area (Å²) in [5.74, 6) is 0. The number of thiazole rings is 1. The van der Waals surface area contributed by atoms with Gasteiger partial charge in [0.2, 0.25) is 10.0 Å². The molecule has 0 atom stereocenters. The Labute approximate surface area is 205 Å². The van der Waals surface area contributed by atoms with Crippen LogP contribution >= 0.6 is 57.7 Å². The van der Waals surface area contributed by atoms with Crippen LogP contribution in [0, 0.1) is 6.92 Å². The van der Waals surface area contributed by atoms with Crippen LogP contribution in [-0.2, 0) is 10.0 Å². The molecule has 11 heteroatoms. The molecule has 0 amide bonds. The van der Waals surface area contributed by atoms with Crippen LogP contribution in [0.2, 0.25) is 20.1 Å². The maximum atomic E-state index is 13.1. The van der Waals surface area contributed by atoms with Crippen LogP contribution in [-0.4, -0.2) is 43.9 Å². The number of sulfonamides is 1. The molecular formula is C20H17Cl4N3O2S2. The zero-order valence-corrected chi connectivity index (χ0v) is 20.9. The summed E-state index contributed by atoms with van der Waals surface area (Å²) in [6.07, 6.45) is 0. The van der Waals surface area contributed by atoms with Crippen molar-refractivity contribution >= 4 is 72.9 Å². The molecule has 1 aromatic heterocycles. The molecule has 0 spiro atoms. The third kappa shape index (κ3) is 4.69. The molecule has 3 aromatic rings. The summed E-state index contributed by atoms with van der Waals surface area (Å²) in [4.78, 5) is 6.84. The van der Waals surface area contributed by atoms with Gasteiger partial charge in [-0.1, -0.05) is 46.4 Å². The number of hydrogen-bond acceptors (Lipinski definition) is 5. The van der Waals surface area contributed by atoms with Crippen molar-refractivity contribution in [2.24, 2.45) is 0 Å². The van der Waals surface area contributed by atoms with Gasteiger partial charge in [0.05, 0.1) is 15.7 Å². The van der Waals surface area contributed by atoms with Gasteiger partial charge in [-0.05, 0) is 42.8 Å². The van der Waals surface area contributed by atoms with Gasteiger partial charge in [-0.25, -0.2) is 13.4 Å². The molecule has 0 saturated carbocycles. The molecule has 1 fully saturated rings. The molecule has 0 N–H and O–H groups in total. The lowest BCUT2D eigenvalue weighted by molar-refractivity contribution is 0.385. The summed E-state index contributed by atoms with van der Waals surface area (Å²) >= 11 is 26.0. The van der Waals surface area contributed by atoms with Crippen LogP contribution in [0.15, 0.2) is 40.6 Å². The average molecular weight is 537 g/mol. The zero-order chi connectivity index (χ0) is 22.3. The van der Waals surface area contributed by atoms with Gasteiger partial charge >= 0.3 is 0 Å². The quantitative estimate of drug-likeness (QED) is 0.396. The van der Waals surface area contributed by atoms with Gasteiger partial charge in [0, 0.05) is 47.2 Å². The van der Waals surface area contributed by atoms with Gasteiger partial charge in [-0.15, -0.1) is 11.3 Å². The highest BCUT2D eigenvalue weighted by Gasteiger charge is 2.31. The van der Waals surface area contributed by atoms with Crippen molar-refractivity contribution < 1.29 is 8.42 Å². The number of benzene rings is 2. The van der Waals surface area contributed by atoms with Crippen LogP contribution < -0.4 is 4.90 Å². The van der Waals surface area contributed by atoms with E-state index in [4.69, 9.17) is 46.4 Å². The fourth-order valence-electron chi connectivity index (χ4n) is 3.32. The van der Waals surface area contributed by atoms with E-state index in [2.05, 4.69) is 9.88 Å². The second-order valence-corrected chi connectivity index (χ2v) is 11.5. The van der Waals surface area contributed by atoms with E-state index in [1.807, 2.05) is 11.4 Å². The SMILES string of the molecule is Cc1cc(S(=O)(=O)N2CCN(c3nc(-c4ccc(Cl)cc4Cl)cs3)CC2)c(Cl)cc1Cl. The van der Waals surface area contributed by atoms with E-state index in [1.165, 1.54) is 27.8 Å². The molecule has 1 saturated heterocycles. The summed E-state index contributed by atoms with van der Waals surface area (Å²) in [6.45, 7) is 3.45. The van der Waals surface area contributed by atoms with Gasteiger partial charge in [0.25, 0.3) is 0 Å². The number of hydrogen-bond donors (Lipinski definition) is 0. The Kier molecular flexibility index (Phi) is 6.75. The molecule has 0 aliphatic carbocycles. The molecule has 31 heavy (non-hydrogen) atoms. The first-order chi connectivity index (χ1) is 14.7. The Hall–Kier alpha value is -1.06. The van der Waals surface area contributed by atoms with Crippen molar-refractivity contribution in [1.29, 1.82) is 0 Å². The maximum absolute atomic E-state index is 13.1. The second-order valence-electron chi connectivity index (χ2n) is 7.06. The van der Waals surface area contributed by atoms with Crippen molar-refractivity contribution in [2.75, 3.05) is 31.1 Å². The molecular weight excluding hydrogens is 520 g/mol. The molecule has 1 aliphatic rings. The Morgan fingerprint density at radius 1 is 0.935 bits per heavy atom. The van der Waals surface area contributed by atoms with Gasteiger partial charge in [-0.3, -0.25) is 0 Å². The van der Waals surface area contributed by atoms with Gasteiger partial charge in [-0.2, -0.15) is 4.31 Å². The average Bonchev–Trinajstić information content (AvgIpc) is 3.20. The molecule has 164 valence electrons. The molecule has 1 aliphatic heterocycles. The minimum Gasteiger partial charge on any atom is -0.345 e. The van der Waals surface area contributed by atoms with Crippen LogP contribution in [0.3, 0.4) is 0 Å². The number of piperazine rings is 1. The van der Waals surface area contributed by atoms with E-state index in [0.29, 0.717) is 46.8 Å². The topological polar surface area (TPSA) is 53.5 Å². The molecule has 5 nitrogen and oxygen atoms in total. The van der Waals surface area contributed by atoms with Crippen molar-refractivity contribution in [3.05, 3.63) is 61.4 Å². The number of aryl methyl sites for hydroxylation is 1. The first-order valence-electron chi connectivity index (χ1n) is 9.28. The standard InChI is InChI=1S/C20H17Cl4N3O2S2/c1-12-8-19(17(24)10-15(12)22)31(28,29)27-6-4-26(5-7-27)20-25-18(11-30-20)14-3-2-13(21)9-16(14)23/h2-3,8-11H,4-7H2,1H3. The Bertz CT molecular complexity index is 1240. The summed E-state index contributed by atoms with van der Waals surface area (Å²) < 4.78 is 27.7. The highest BCUT2D eigenvalue weighted by atomic mass is 35.5. The summed E-state index contributed by atoms with van der Waals surface area (Å²) in [5.41, 5.74) is 2.24. The van der Waals surface area contributed by atoms with Crippen molar-refractivity contribution in [1.82, 2.24) is 9.29 Å². The predicted molar refractivity (Wildman–Crippen MR) is 130 cm³/mol. The third-order valence-corrected chi connectivity index (χ3v) is 9.26. The van der Waals surface area contributed by atoms with E-state index in [9.17, 15) is 8.42 Å². The monoisotopic (exact) mass is 535 g/mol. The lowest BCUT2D eigenvalue weighted by Crippen LogP contribution is -2.48. The Balaban J connectivity index is 1.49.